The molecule has 1 aromatic carbocycles. The number of β-amino-alcohol motifs (C(OH)–C–C–N with tert-alkyl or cyclic N) is 1. The number of hydrogen-bond acceptors (Lipinski definition) is 5. The van der Waals surface area contributed by atoms with Gasteiger partial charge in [-0.25, -0.2) is 9.97 Å². The van der Waals surface area contributed by atoms with Gasteiger partial charge in [-0.1, -0.05) is 26.0 Å². The first kappa shape index (κ1) is 21.5. The summed E-state index contributed by atoms with van der Waals surface area (Å²) in [5, 5.41) is 10.4. The molecule has 0 radical (unpaired) electrons. The largest absolute Gasteiger partial charge is 0.416 e. The van der Waals surface area contributed by atoms with E-state index in [4.69, 9.17) is 0 Å². The Morgan fingerprint density at radius 1 is 1.03 bits per heavy atom. The molecule has 0 amide bonds. The molecular formula is C21H27F3N4O. The summed E-state index contributed by atoms with van der Waals surface area (Å²) in [6.07, 6.45) is -5.19. The van der Waals surface area contributed by atoms with E-state index < -0.39 is 17.8 Å². The van der Waals surface area contributed by atoms with E-state index >= 15 is 0 Å². The predicted octanol–water partition coefficient (Wildman–Crippen LogP) is 3.78. The zero-order valence-electron chi connectivity index (χ0n) is 16.9. The van der Waals surface area contributed by atoms with Gasteiger partial charge in [0.05, 0.1) is 11.7 Å². The Morgan fingerprint density at radius 3 is 2.21 bits per heavy atom. The van der Waals surface area contributed by atoms with Crippen molar-refractivity contribution in [2.75, 3.05) is 37.6 Å². The summed E-state index contributed by atoms with van der Waals surface area (Å²) in [5.74, 6) is 2.01. The van der Waals surface area contributed by atoms with Crippen molar-refractivity contribution >= 4 is 5.82 Å². The van der Waals surface area contributed by atoms with Gasteiger partial charge in [0.25, 0.3) is 0 Å². The second-order valence-electron chi connectivity index (χ2n) is 7.80. The lowest BCUT2D eigenvalue weighted by atomic mass is 10.1. The first-order valence-corrected chi connectivity index (χ1v) is 9.81. The molecular weight excluding hydrogens is 381 g/mol. The lowest BCUT2D eigenvalue weighted by molar-refractivity contribution is -0.137. The Morgan fingerprint density at radius 2 is 1.66 bits per heavy atom. The number of rotatable bonds is 5. The predicted molar refractivity (Wildman–Crippen MR) is 106 cm³/mol. The quantitative estimate of drug-likeness (QED) is 0.816. The number of aliphatic hydroxyl groups excluding tert-OH is 1. The van der Waals surface area contributed by atoms with Crippen molar-refractivity contribution in [3.63, 3.8) is 0 Å². The first-order chi connectivity index (χ1) is 13.6. The number of alkyl halides is 3. The number of piperazine rings is 1. The minimum absolute atomic E-state index is 0.258. The highest BCUT2D eigenvalue weighted by Gasteiger charge is 2.30. The number of aliphatic hydroxyl groups is 1. The molecule has 3 rings (SSSR count). The maximum Gasteiger partial charge on any atom is 0.416 e. The van der Waals surface area contributed by atoms with Gasteiger partial charge in [0, 0.05) is 50.4 Å². The minimum Gasteiger partial charge on any atom is -0.387 e. The van der Waals surface area contributed by atoms with Gasteiger partial charge in [0.15, 0.2) is 0 Å². The normalized spacial score (nSPS) is 17.0. The van der Waals surface area contributed by atoms with E-state index in [0.29, 0.717) is 12.1 Å². The fourth-order valence-electron chi connectivity index (χ4n) is 3.40. The zero-order chi connectivity index (χ0) is 21.2. The van der Waals surface area contributed by atoms with Gasteiger partial charge in [0.1, 0.15) is 11.6 Å². The van der Waals surface area contributed by atoms with Gasteiger partial charge in [-0.05, 0) is 24.6 Å². The van der Waals surface area contributed by atoms with Gasteiger partial charge in [-0.2, -0.15) is 13.2 Å². The Balaban J connectivity index is 1.57. The highest BCUT2D eigenvalue weighted by Crippen LogP contribution is 2.30. The summed E-state index contributed by atoms with van der Waals surface area (Å²) in [7, 11) is 0. The van der Waals surface area contributed by atoms with Gasteiger partial charge in [-0.15, -0.1) is 0 Å². The molecule has 2 heterocycles. The molecule has 1 fully saturated rings. The van der Waals surface area contributed by atoms with Crippen LogP contribution in [0.15, 0.2) is 30.3 Å². The maximum absolute atomic E-state index is 12.7. The fourth-order valence-corrected chi connectivity index (χ4v) is 3.40. The number of aryl methyl sites for hydroxylation is 1. The van der Waals surface area contributed by atoms with E-state index in [1.54, 1.807) is 0 Å². The van der Waals surface area contributed by atoms with Crippen LogP contribution in [0.5, 0.6) is 0 Å². The lowest BCUT2D eigenvalue weighted by Crippen LogP contribution is -2.48. The van der Waals surface area contributed by atoms with Crippen LogP contribution in [-0.2, 0) is 6.18 Å². The third-order valence-corrected chi connectivity index (χ3v) is 5.12. The third kappa shape index (κ3) is 5.45. The average molecular weight is 408 g/mol. The Labute approximate surface area is 169 Å². The van der Waals surface area contributed by atoms with Crippen LogP contribution in [0.1, 0.15) is 48.5 Å². The molecule has 1 aliphatic rings. The second-order valence-corrected chi connectivity index (χ2v) is 7.80. The topological polar surface area (TPSA) is 52.5 Å². The van der Waals surface area contributed by atoms with E-state index in [0.717, 1.165) is 55.6 Å². The molecule has 1 aromatic heterocycles. The second kappa shape index (κ2) is 8.67. The van der Waals surface area contributed by atoms with Crippen LogP contribution in [0, 0.1) is 6.92 Å². The molecule has 1 saturated heterocycles. The van der Waals surface area contributed by atoms with Gasteiger partial charge >= 0.3 is 6.18 Å². The van der Waals surface area contributed by atoms with Crippen molar-refractivity contribution in [1.29, 1.82) is 0 Å². The van der Waals surface area contributed by atoms with Crippen LogP contribution in [-0.4, -0.2) is 52.7 Å². The van der Waals surface area contributed by atoms with Crippen LogP contribution < -0.4 is 4.90 Å². The molecule has 5 nitrogen and oxygen atoms in total. The third-order valence-electron chi connectivity index (χ3n) is 5.12. The van der Waals surface area contributed by atoms with Gasteiger partial charge in [-0.3, -0.25) is 4.90 Å². The van der Waals surface area contributed by atoms with Gasteiger partial charge < -0.3 is 10.0 Å². The molecule has 1 N–H and O–H groups in total. The number of nitrogens with zero attached hydrogens (tertiary/aromatic N) is 4. The average Bonchev–Trinajstić information content (AvgIpc) is 2.67. The summed E-state index contributed by atoms with van der Waals surface area (Å²) in [4.78, 5) is 13.5. The van der Waals surface area contributed by atoms with Crippen molar-refractivity contribution in [2.45, 2.75) is 39.0 Å². The molecule has 2 aromatic rings. The molecule has 1 atom stereocenters. The van der Waals surface area contributed by atoms with E-state index in [2.05, 4.69) is 33.6 Å². The Hall–Kier alpha value is -2.19. The summed E-state index contributed by atoms with van der Waals surface area (Å²) >= 11 is 0. The van der Waals surface area contributed by atoms with E-state index in [1.807, 2.05) is 13.0 Å². The van der Waals surface area contributed by atoms with Crippen LogP contribution in [0.25, 0.3) is 0 Å². The number of benzene rings is 1. The fraction of sp³-hybridized carbons (Fsp3) is 0.524. The summed E-state index contributed by atoms with van der Waals surface area (Å²) in [5.41, 5.74) is 0.732. The summed E-state index contributed by atoms with van der Waals surface area (Å²) in [6.45, 7) is 9.53. The van der Waals surface area contributed by atoms with Crippen molar-refractivity contribution < 1.29 is 18.3 Å². The molecule has 1 unspecified atom stereocenters. The SMILES string of the molecule is Cc1cc(N2CCN(CC(O)c3ccc(C(F)(F)F)cc3)CC2)nc(C(C)C)n1. The van der Waals surface area contributed by atoms with Gasteiger partial charge in [0.2, 0.25) is 0 Å². The number of hydrogen-bond donors (Lipinski definition) is 1. The standard InChI is InChI=1S/C21H27F3N4O/c1-14(2)20-25-15(3)12-19(26-20)28-10-8-27(9-11-28)13-18(29)16-4-6-17(7-5-16)21(22,23)24/h4-7,12,14,18,29H,8-11,13H2,1-3H3. The molecule has 29 heavy (non-hydrogen) atoms. The van der Waals surface area contributed by atoms with Crippen molar-refractivity contribution in [1.82, 2.24) is 14.9 Å². The number of halogens is 3. The highest BCUT2D eigenvalue weighted by molar-refractivity contribution is 5.40. The molecule has 0 aliphatic carbocycles. The summed E-state index contributed by atoms with van der Waals surface area (Å²) in [6, 6.07) is 6.71. The highest BCUT2D eigenvalue weighted by atomic mass is 19.4. The van der Waals surface area contributed by atoms with Crippen LogP contribution >= 0.6 is 0 Å². The molecule has 158 valence electrons. The zero-order valence-corrected chi connectivity index (χ0v) is 16.9. The molecule has 1 aliphatic heterocycles. The Kier molecular flexibility index (Phi) is 6.43. The van der Waals surface area contributed by atoms with E-state index in [1.165, 1.54) is 12.1 Å². The number of aromatic nitrogens is 2. The monoisotopic (exact) mass is 408 g/mol. The Bertz CT molecular complexity index is 816. The summed E-state index contributed by atoms with van der Waals surface area (Å²) < 4.78 is 38.0. The molecule has 0 spiro atoms. The smallest absolute Gasteiger partial charge is 0.387 e. The van der Waals surface area contributed by atoms with Crippen LogP contribution in [0.2, 0.25) is 0 Å². The van der Waals surface area contributed by atoms with E-state index in [9.17, 15) is 18.3 Å². The first-order valence-electron chi connectivity index (χ1n) is 9.81. The maximum atomic E-state index is 12.7. The van der Waals surface area contributed by atoms with Crippen LogP contribution in [0.3, 0.4) is 0 Å². The molecule has 0 saturated carbocycles. The van der Waals surface area contributed by atoms with E-state index in [-0.39, 0.29) is 5.92 Å². The van der Waals surface area contributed by atoms with Crippen molar-refractivity contribution in [3.8, 4) is 0 Å². The minimum atomic E-state index is -4.37. The number of anilines is 1. The lowest BCUT2D eigenvalue weighted by Gasteiger charge is -2.36. The van der Waals surface area contributed by atoms with Crippen molar-refractivity contribution in [3.05, 3.63) is 53.0 Å². The van der Waals surface area contributed by atoms with Crippen molar-refractivity contribution in [2.24, 2.45) is 0 Å². The van der Waals surface area contributed by atoms with Crippen LogP contribution in [0.4, 0.5) is 19.0 Å². The molecule has 8 heteroatoms. The molecule has 0 bridgehead atoms.